The molecule has 0 saturated heterocycles. The van der Waals surface area contributed by atoms with Crippen molar-refractivity contribution in [3.8, 4) is 5.75 Å². The van der Waals surface area contributed by atoms with Gasteiger partial charge in [-0.15, -0.1) is 0 Å². The van der Waals surface area contributed by atoms with Gasteiger partial charge >= 0.3 is 6.18 Å². The van der Waals surface area contributed by atoms with E-state index in [2.05, 4.69) is 0 Å². The molecule has 3 rings (SSSR count). The number of hydrogen-bond acceptors (Lipinski definition) is 3. The molecule has 0 bridgehead atoms. The van der Waals surface area contributed by atoms with E-state index in [1.165, 1.54) is 4.57 Å². The molecule has 0 aliphatic heterocycles. The van der Waals surface area contributed by atoms with Gasteiger partial charge in [0.2, 0.25) is 0 Å². The lowest BCUT2D eigenvalue weighted by Gasteiger charge is -2.12. The lowest BCUT2D eigenvalue weighted by atomic mass is 10.1. The second-order valence-electron chi connectivity index (χ2n) is 6.60. The topological polar surface area (TPSA) is 53.2 Å². The number of carbonyl (C=O) groups is 1. The number of Topliss-reactive ketones (excluding diaryl/α,β-unsaturated/α-hetero) is 1. The molecule has 148 valence electrons. The number of hydrogen-bond donors (Lipinski definition) is 0. The van der Waals surface area contributed by atoms with Crippen LogP contribution in [0.2, 0.25) is 0 Å². The molecule has 0 unspecified atom stereocenters. The lowest BCUT2D eigenvalue weighted by Crippen LogP contribution is -2.27. The van der Waals surface area contributed by atoms with E-state index in [0.29, 0.717) is 22.5 Å². The summed E-state index contributed by atoms with van der Waals surface area (Å²) in [5.41, 5.74) is 1.29. The highest BCUT2D eigenvalue weighted by atomic mass is 19.4. The Balaban J connectivity index is 2.10. The molecule has 8 heteroatoms. The molecule has 2 heterocycles. The Morgan fingerprint density at radius 3 is 2.39 bits per heavy atom. The van der Waals surface area contributed by atoms with Crippen LogP contribution in [-0.2, 0) is 13.6 Å². The summed E-state index contributed by atoms with van der Waals surface area (Å²) in [6, 6.07) is 10.2. The van der Waals surface area contributed by atoms with Crippen LogP contribution in [0.25, 0.3) is 10.9 Å². The minimum Gasteiger partial charge on any atom is -0.481 e. The summed E-state index contributed by atoms with van der Waals surface area (Å²) in [4.78, 5) is 25.6. The Bertz CT molecular complexity index is 1100. The van der Waals surface area contributed by atoms with Gasteiger partial charge in [-0.05, 0) is 19.9 Å². The quantitative estimate of drug-likeness (QED) is 0.621. The molecule has 1 aromatic carbocycles. The van der Waals surface area contributed by atoms with E-state index in [9.17, 15) is 22.8 Å². The van der Waals surface area contributed by atoms with Crippen molar-refractivity contribution < 1.29 is 22.7 Å². The van der Waals surface area contributed by atoms with Crippen molar-refractivity contribution in [3.63, 3.8) is 0 Å². The van der Waals surface area contributed by atoms with Crippen LogP contribution in [0.1, 0.15) is 21.7 Å². The predicted octanol–water partition coefficient (Wildman–Crippen LogP) is 3.78. The fraction of sp³-hybridized carbons (Fsp3) is 0.300. The van der Waals surface area contributed by atoms with Gasteiger partial charge in [-0.25, -0.2) is 0 Å². The van der Waals surface area contributed by atoms with Crippen molar-refractivity contribution in [2.75, 3.05) is 6.61 Å². The first-order valence-electron chi connectivity index (χ1n) is 8.57. The van der Waals surface area contributed by atoms with Gasteiger partial charge in [0.15, 0.2) is 18.1 Å². The smallest absolute Gasteiger partial charge is 0.422 e. The number of fused-ring (bicyclic) bond motifs is 1. The molecule has 0 radical (unpaired) electrons. The van der Waals surface area contributed by atoms with E-state index in [0.717, 1.165) is 0 Å². The van der Waals surface area contributed by atoms with E-state index < -0.39 is 18.3 Å². The number of aromatic nitrogens is 2. The number of pyridine rings is 1. The Morgan fingerprint density at radius 2 is 1.79 bits per heavy atom. The van der Waals surface area contributed by atoms with Gasteiger partial charge in [-0.1, -0.05) is 30.3 Å². The maximum Gasteiger partial charge on any atom is 0.422 e. The van der Waals surface area contributed by atoms with Crippen molar-refractivity contribution in [2.45, 2.75) is 26.6 Å². The maximum absolute atomic E-state index is 13.1. The van der Waals surface area contributed by atoms with Gasteiger partial charge in [-0.2, -0.15) is 13.2 Å². The summed E-state index contributed by atoms with van der Waals surface area (Å²) in [5, 5.41) is 0.0377. The molecule has 2 aromatic heterocycles. The summed E-state index contributed by atoms with van der Waals surface area (Å²) in [5.74, 6) is -0.378. The summed E-state index contributed by atoms with van der Waals surface area (Å²) < 4.78 is 45.7. The van der Waals surface area contributed by atoms with E-state index in [1.807, 2.05) is 0 Å². The number of alkyl halides is 3. The van der Waals surface area contributed by atoms with Crippen molar-refractivity contribution in [2.24, 2.45) is 7.05 Å². The molecule has 0 fully saturated rings. The first-order valence-corrected chi connectivity index (χ1v) is 8.57. The average molecular weight is 392 g/mol. The molecule has 0 amide bonds. The number of rotatable bonds is 5. The van der Waals surface area contributed by atoms with Crippen LogP contribution in [0.5, 0.6) is 5.75 Å². The van der Waals surface area contributed by atoms with Crippen LogP contribution in [0.4, 0.5) is 13.2 Å². The molecule has 0 aliphatic rings. The number of benzene rings is 1. The third kappa shape index (κ3) is 3.67. The van der Waals surface area contributed by atoms with Crippen molar-refractivity contribution in [1.29, 1.82) is 0 Å². The Labute approximate surface area is 159 Å². The molecule has 0 spiro atoms. The highest BCUT2D eigenvalue weighted by Crippen LogP contribution is 2.31. The maximum atomic E-state index is 13.1. The Hall–Kier alpha value is -3.03. The molecule has 0 N–H and O–H groups in total. The van der Waals surface area contributed by atoms with Gasteiger partial charge in [0.05, 0.1) is 17.8 Å². The SMILES string of the molecule is Cc1cc2c(c(OCC(F)(F)F)c(C)n2C)c(=O)n1CC(=O)c1ccccc1. The van der Waals surface area contributed by atoms with Gasteiger partial charge in [0.25, 0.3) is 5.56 Å². The van der Waals surface area contributed by atoms with E-state index in [-0.39, 0.29) is 23.5 Å². The fourth-order valence-corrected chi connectivity index (χ4v) is 3.13. The van der Waals surface area contributed by atoms with E-state index >= 15 is 0 Å². The summed E-state index contributed by atoms with van der Waals surface area (Å²) in [6.45, 7) is 1.55. The number of halogens is 3. The molecular weight excluding hydrogens is 373 g/mol. The number of ketones is 1. The van der Waals surface area contributed by atoms with E-state index in [4.69, 9.17) is 4.74 Å². The van der Waals surface area contributed by atoms with Crippen LogP contribution in [-0.4, -0.2) is 27.7 Å². The first-order chi connectivity index (χ1) is 13.1. The van der Waals surface area contributed by atoms with Crippen LogP contribution >= 0.6 is 0 Å². The zero-order chi connectivity index (χ0) is 20.6. The number of ether oxygens (including phenoxy) is 1. The van der Waals surface area contributed by atoms with Crippen molar-refractivity contribution >= 4 is 16.7 Å². The summed E-state index contributed by atoms with van der Waals surface area (Å²) in [7, 11) is 1.65. The highest BCUT2D eigenvalue weighted by Gasteiger charge is 2.30. The average Bonchev–Trinajstić information content (AvgIpc) is 2.88. The zero-order valence-electron chi connectivity index (χ0n) is 15.6. The zero-order valence-corrected chi connectivity index (χ0v) is 15.6. The first kappa shape index (κ1) is 19.7. The third-order valence-electron chi connectivity index (χ3n) is 4.68. The molecule has 28 heavy (non-hydrogen) atoms. The van der Waals surface area contributed by atoms with Crippen molar-refractivity contribution in [1.82, 2.24) is 9.13 Å². The second-order valence-corrected chi connectivity index (χ2v) is 6.60. The standard InChI is InChI=1S/C20H19F3N2O3/c1-12-9-15-17(18(13(2)24(15)3)28-11-20(21,22)23)19(27)25(12)10-16(26)14-7-5-4-6-8-14/h4-9H,10-11H2,1-3H3. The molecule has 0 atom stereocenters. The molecular formula is C20H19F3N2O3. The lowest BCUT2D eigenvalue weighted by molar-refractivity contribution is -0.153. The minimum absolute atomic E-state index is 0.0377. The Morgan fingerprint density at radius 1 is 1.14 bits per heavy atom. The Kier molecular flexibility index (Phi) is 5.06. The van der Waals surface area contributed by atoms with Gasteiger partial charge in [0, 0.05) is 18.3 Å². The normalized spacial score (nSPS) is 11.8. The van der Waals surface area contributed by atoms with Crippen molar-refractivity contribution in [3.05, 3.63) is 63.7 Å². The molecule has 0 saturated carbocycles. The van der Waals surface area contributed by atoms with Crippen LogP contribution in [0, 0.1) is 13.8 Å². The molecule has 5 nitrogen and oxygen atoms in total. The third-order valence-corrected chi connectivity index (χ3v) is 4.68. The monoisotopic (exact) mass is 392 g/mol. The number of carbonyl (C=O) groups excluding carboxylic acids is 1. The number of aryl methyl sites for hydroxylation is 2. The summed E-state index contributed by atoms with van der Waals surface area (Å²) >= 11 is 0. The van der Waals surface area contributed by atoms with E-state index in [1.54, 1.807) is 61.9 Å². The molecule has 0 aliphatic carbocycles. The molecule has 3 aromatic rings. The summed E-state index contributed by atoms with van der Waals surface area (Å²) in [6.07, 6.45) is -4.53. The van der Waals surface area contributed by atoms with Gasteiger partial charge in [0.1, 0.15) is 5.39 Å². The largest absolute Gasteiger partial charge is 0.481 e. The number of nitrogens with zero attached hydrogens (tertiary/aromatic N) is 2. The van der Waals surface area contributed by atoms with Crippen LogP contribution < -0.4 is 10.3 Å². The van der Waals surface area contributed by atoms with Gasteiger partial charge < -0.3 is 13.9 Å². The fourth-order valence-electron chi connectivity index (χ4n) is 3.13. The minimum atomic E-state index is -4.53. The second kappa shape index (κ2) is 7.18. The van der Waals surface area contributed by atoms with Crippen LogP contribution in [0.3, 0.4) is 0 Å². The highest BCUT2D eigenvalue weighted by molar-refractivity contribution is 5.96. The predicted molar refractivity (Wildman–Crippen MR) is 99.0 cm³/mol. The van der Waals surface area contributed by atoms with Crippen LogP contribution in [0.15, 0.2) is 41.2 Å². The van der Waals surface area contributed by atoms with Gasteiger partial charge in [-0.3, -0.25) is 9.59 Å².